The Balaban J connectivity index is 2.07. The summed E-state index contributed by atoms with van der Waals surface area (Å²) in [7, 11) is 0. The molecule has 2 aliphatic rings. The van der Waals surface area contributed by atoms with E-state index in [1.807, 2.05) is 6.92 Å². The van der Waals surface area contributed by atoms with Crippen LogP contribution in [0.25, 0.3) is 0 Å². The van der Waals surface area contributed by atoms with Gasteiger partial charge in [0.1, 0.15) is 6.04 Å². The van der Waals surface area contributed by atoms with Gasteiger partial charge in [0.05, 0.1) is 5.37 Å². The first kappa shape index (κ1) is 13.7. The summed E-state index contributed by atoms with van der Waals surface area (Å²) in [4.78, 5) is 25.2. The van der Waals surface area contributed by atoms with E-state index in [4.69, 9.17) is 0 Å². The summed E-state index contributed by atoms with van der Waals surface area (Å²) < 4.78 is 0. The lowest BCUT2D eigenvalue weighted by Crippen LogP contribution is -2.46. The quantitative estimate of drug-likeness (QED) is 0.832. The zero-order valence-corrected chi connectivity index (χ0v) is 11.8. The molecule has 0 spiro atoms. The fraction of sp³-hybridized carbons (Fsp3) is 0.846. The smallest absolute Gasteiger partial charge is 0.327 e. The number of hydrogen-bond donors (Lipinski definition) is 1. The lowest BCUT2D eigenvalue weighted by atomic mass is 10.0. The second-order valence-electron chi connectivity index (χ2n) is 5.43. The van der Waals surface area contributed by atoms with Crippen LogP contribution in [0.15, 0.2) is 0 Å². The topological polar surface area (TPSA) is 57.6 Å². The van der Waals surface area contributed by atoms with Gasteiger partial charge in [-0.05, 0) is 24.7 Å². The molecular weight excluding hydrogens is 250 g/mol. The molecule has 2 rings (SSSR count). The molecule has 1 saturated heterocycles. The fourth-order valence-electron chi connectivity index (χ4n) is 2.33. The number of rotatable bonds is 5. The van der Waals surface area contributed by atoms with Gasteiger partial charge < -0.3 is 10.0 Å². The minimum atomic E-state index is -0.858. The monoisotopic (exact) mass is 271 g/mol. The highest BCUT2D eigenvalue weighted by molar-refractivity contribution is 8.00. The van der Waals surface area contributed by atoms with Crippen LogP contribution in [-0.4, -0.2) is 39.1 Å². The lowest BCUT2D eigenvalue weighted by molar-refractivity contribution is -0.149. The van der Waals surface area contributed by atoms with Crippen LogP contribution in [0.5, 0.6) is 0 Å². The lowest BCUT2D eigenvalue weighted by Gasteiger charge is -2.28. The van der Waals surface area contributed by atoms with Crippen LogP contribution in [-0.2, 0) is 9.59 Å². The van der Waals surface area contributed by atoms with Gasteiger partial charge in [-0.1, -0.05) is 20.3 Å². The largest absolute Gasteiger partial charge is 0.480 e. The Bertz CT molecular complexity index is 343. The van der Waals surface area contributed by atoms with Gasteiger partial charge in [-0.15, -0.1) is 11.8 Å². The van der Waals surface area contributed by atoms with Crippen molar-refractivity contribution in [3.8, 4) is 0 Å². The summed E-state index contributed by atoms with van der Waals surface area (Å²) >= 11 is 1.64. The average molecular weight is 271 g/mol. The van der Waals surface area contributed by atoms with Crippen molar-refractivity contribution in [2.24, 2.45) is 11.8 Å². The molecule has 0 aromatic rings. The molecule has 1 aliphatic heterocycles. The molecule has 1 aliphatic carbocycles. The highest BCUT2D eigenvalue weighted by Crippen LogP contribution is 2.45. The fourth-order valence-corrected chi connectivity index (χ4v) is 3.98. The molecule has 3 unspecified atom stereocenters. The van der Waals surface area contributed by atoms with E-state index < -0.39 is 12.0 Å². The van der Waals surface area contributed by atoms with E-state index in [-0.39, 0.29) is 11.3 Å². The molecule has 4 nitrogen and oxygen atoms in total. The van der Waals surface area contributed by atoms with Crippen molar-refractivity contribution in [3.63, 3.8) is 0 Å². The Hall–Kier alpha value is -0.710. The van der Waals surface area contributed by atoms with E-state index in [2.05, 4.69) is 6.92 Å². The van der Waals surface area contributed by atoms with E-state index in [0.717, 1.165) is 19.3 Å². The number of thioether (sulfide) groups is 1. The minimum Gasteiger partial charge on any atom is -0.480 e. The zero-order chi connectivity index (χ0) is 13.3. The van der Waals surface area contributed by atoms with Gasteiger partial charge >= 0.3 is 5.97 Å². The molecule has 18 heavy (non-hydrogen) atoms. The Labute approximate surface area is 112 Å². The predicted octanol–water partition coefficient (Wildman–Crippen LogP) is 2.19. The summed E-state index contributed by atoms with van der Waals surface area (Å²) in [6, 6.07) is -0.614. The number of aliphatic carboxylic acids is 1. The minimum absolute atomic E-state index is 0.0265. The average Bonchev–Trinajstić information content (AvgIpc) is 3.06. The van der Waals surface area contributed by atoms with Crippen LogP contribution in [0.1, 0.15) is 39.5 Å². The molecule has 0 bridgehead atoms. The third-order valence-electron chi connectivity index (χ3n) is 3.85. The maximum Gasteiger partial charge on any atom is 0.327 e. The molecule has 0 aromatic carbocycles. The number of carbonyl (C=O) groups is 2. The number of nitrogens with zero attached hydrogens (tertiary/aromatic N) is 1. The first-order chi connectivity index (χ1) is 8.54. The molecule has 1 N–H and O–H groups in total. The molecule has 2 fully saturated rings. The highest BCUT2D eigenvalue weighted by atomic mass is 32.2. The molecule has 3 atom stereocenters. The van der Waals surface area contributed by atoms with Gasteiger partial charge in [0.25, 0.3) is 0 Å². The van der Waals surface area contributed by atoms with Crippen molar-refractivity contribution in [2.75, 3.05) is 5.75 Å². The van der Waals surface area contributed by atoms with Gasteiger partial charge in [0, 0.05) is 12.2 Å². The van der Waals surface area contributed by atoms with Gasteiger partial charge in [-0.3, -0.25) is 4.79 Å². The van der Waals surface area contributed by atoms with E-state index in [9.17, 15) is 14.7 Å². The molecular formula is C13H21NO3S. The normalized spacial score (nSPS) is 29.3. The molecule has 0 aromatic heterocycles. The maximum atomic E-state index is 12.3. The van der Waals surface area contributed by atoms with Crippen LogP contribution in [0.3, 0.4) is 0 Å². The first-order valence-corrected chi connectivity index (χ1v) is 7.75. The van der Waals surface area contributed by atoms with Crippen molar-refractivity contribution in [2.45, 2.75) is 50.9 Å². The number of amides is 1. The summed E-state index contributed by atoms with van der Waals surface area (Å²) in [5, 5.41) is 9.35. The Morgan fingerprint density at radius 1 is 1.44 bits per heavy atom. The van der Waals surface area contributed by atoms with Gasteiger partial charge in [-0.25, -0.2) is 4.79 Å². The van der Waals surface area contributed by atoms with E-state index >= 15 is 0 Å². The summed E-state index contributed by atoms with van der Waals surface area (Å²) in [6.07, 6.45) is 3.71. The van der Waals surface area contributed by atoms with E-state index in [1.165, 1.54) is 0 Å². The molecule has 102 valence electrons. The van der Waals surface area contributed by atoms with Crippen LogP contribution in [0.2, 0.25) is 0 Å². The number of carboxylic acids is 1. The molecule has 1 heterocycles. The SMILES string of the molecule is CCC(C)CC(=O)N1C(C(=O)O)CSC1C1CC1. The van der Waals surface area contributed by atoms with Gasteiger partial charge in [0.15, 0.2) is 0 Å². The number of carbonyl (C=O) groups excluding carboxylic acids is 1. The second kappa shape index (κ2) is 5.51. The Morgan fingerprint density at radius 2 is 2.11 bits per heavy atom. The van der Waals surface area contributed by atoms with E-state index in [0.29, 0.717) is 24.0 Å². The van der Waals surface area contributed by atoms with Gasteiger partial charge in [0.2, 0.25) is 5.91 Å². The van der Waals surface area contributed by atoms with Crippen molar-refractivity contribution in [1.29, 1.82) is 0 Å². The van der Waals surface area contributed by atoms with Crippen LogP contribution in [0.4, 0.5) is 0 Å². The van der Waals surface area contributed by atoms with Gasteiger partial charge in [-0.2, -0.15) is 0 Å². The van der Waals surface area contributed by atoms with Crippen molar-refractivity contribution in [3.05, 3.63) is 0 Å². The van der Waals surface area contributed by atoms with Crippen LogP contribution < -0.4 is 0 Å². The molecule has 1 saturated carbocycles. The molecule has 1 amide bonds. The third kappa shape index (κ3) is 2.82. The predicted molar refractivity (Wildman–Crippen MR) is 71.3 cm³/mol. The molecule has 5 heteroatoms. The Morgan fingerprint density at radius 3 is 2.61 bits per heavy atom. The van der Waals surface area contributed by atoms with Crippen LogP contribution in [0, 0.1) is 11.8 Å². The Kier molecular flexibility index (Phi) is 4.20. The van der Waals surface area contributed by atoms with Crippen LogP contribution >= 0.6 is 11.8 Å². The number of carboxylic acid groups (broad SMARTS) is 1. The van der Waals surface area contributed by atoms with Crippen molar-refractivity contribution >= 4 is 23.6 Å². The van der Waals surface area contributed by atoms with Crippen molar-refractivity contribution in [1.82, 2.24) is 4.90 Å². The second-order valence-corrected chi connectivity index (χ2v) is 6.58. The zero-order valence-electron chi connectivity index (χ0n) is 11.0. The summed E-state index contributed by atoms with van der Waals surface area (Å²) in [5.41, 5.74) is 0. The maximum absolute atomic E-state index is 12.3. The summed E-state index contributed by atoms with van der Waals surface area (Å²) in [5.74, 6) is 0.572. The van der Waals surface area contributed by atoms with E-state index in [1.54, 1.807) is 16.7 Å². The first-order valence-electron chi connectivity index (χ1n) is 6.70. The standard InChI is InChI=1S/C13H21NO3S/c1-3-8(2)6-11(15)14-10(13(16)17)7-18-12(14)9-4-5-9/h8-10,12H,3-7H2,1-2H3,(H,16,17). The number of hydrogen-bond acceptors (Lipinski definition) is 3. The highest BCUT2D eigenvalue weighted by Gasteiger charge is 2.47. The third-order valence-corrected chi connectivity index (χ3v) is 5.31. The van der Waals surface area contributed by atoms with Crippen molar-refractivity contribution < 1.29 is 14.7 Å². The summed E-state index contributed by atoms with van der Waals surface area (Å²) in [6.45, 7) is 4.10. The molecule has 0 radical (unpaired) electrons.